The summed E-state index contributed by atoms with van der Waals surface area (Å²) in [5.41, 5.74) is 10.2. The van der Waals surface area contributed by atoms with Crippen LogP contribution in [0.3, 0.4) is 0 Å². The van der Waals surface area contributed by atoms with Crippen molar-refractivity contribution in [2.24, 2.45) is 5.73 Å². The summed E-state index contributed by atoms with van der Waals surface area (Å²) in [6.45, 7) is 4.33. The number of nitriles is 1. The number of aromatic nitrogens is 2. The Kier molecular flexibility index (Phi) is 6.75. The van der Waals surface area contributed by atoms with E-state index in [1.54, 1.807) is 24.3 Å². The number of benzene rings is 2. The van der Waals surface area contributed by atoms with Crippen LogP contribution in [0, 0.1) is 18.3 Å². The second kappa shape index (κ2) is 9.89. The van der Waals surface area contributed by atoms with E-state index in [1.807, 2.05) is 6.07 Å². The first kappa shape index (κ1) is 23.2. The third-order valence-electron chi connectivity index (χ3n) is 6.30. The molecule has 4 rings (SSSR count). The zero-order chi connectivity index (χ0) is 24.2. The Hall–Kier alpha value is -3.96. The minimum Gasteiger partial charge on any atom is -0.480 e. The molecule has 0 saturated carbocycles. The number of ether oxygens (including phenoxy) is 1. The van der Waals surface area contributed by atoms with Crippen molar-refractivity contribution in [3.8, 4) is 23.2 Å². The molecule has 1 aliphatic rings. The molecular formula is C26H28N6O2. The number of primary amides is 1. The number of carbonyl (C=O) groups excluding carboxylic acids is 1. The highest BCUT2D eigenvalue weighted by Gasteiger charge is 2.24. The van der Waals surface area contributed by atoms with E-state index in [0.29, 0.717) is 17.0 Å². The van der Waals surface area contributed by atoms with Crippen molar-refractivity contribution in [1.29, 1.82) is 5.26 Å². The summed E-state index contributed by atoms with van der Waals surface area (Å²) >= 11 is 0. The standard InChI is InChI=1S/C26H28N6O2/c1-16-14-19(8-9-20(16)17-10-12-32(2)13-11-17)29-26-30-23(21-7-5-4-6-18(21)15-27)22(24(28)33)25(31-26)34-3/h4-9,14,17H,10-13H2,1-3H3,(H2,28,33)(H,29,30,31). The largest absolute Gasteiger partial charge is 0.480 e. The zero-order valence-corrected chi connectivity index (χ0v) is 19.6. The molecule has 174 valence electrons. The molecule has 0 unspecified atom stereocenters. The van der Waals surface area contributed by atoms with Crippen LogP contribution in [0.4, 0.5) is 11.6 Å². The van der Waals surface area contributed by atoms with E-state index in [1.165, 1.54) is 18.2 Å². The van der Waals surface area contributed by atoms with Gasteiger partial charge in [-0.1, -0.05) is 24.3 Å². The number of hydrogen-bond donors (Lipinski definition) is 2. The van der Waals surface area contributed by atoms with Crippen LogP contribution in [-0.4, -0.2) is 48.0 Å². The number of hydrogen-bond acceptors (Lipinski definition) is 7. The Morgan fingerprint density at radius 3 is 2.59 bits per heavy atom. The van der Waals surface area contributed by atoms with Crippen molar-refractivity contribution >= 4 is 17.5 Å². The van der Waals surface area contributed by atoms with Crippen LogP contribution in [0.25, 0.3) is 11.3 Å². The van der Waals surface area contributed by atoms with E-state index in [4.69, 9.17) is 10.5 Å². The number of rotatable bonds is 6. The molecule has 2 aromatic carbocycles. The predicted molar refractivity (Wildman–Crippen MR) is 131 cm³/mol. The maximum absolute atomic E-state index is 12.3. The van der Waals surface area contributed by atoms with E-state index < -0.39 is 5.91 Å². The van der Waals surface area contributed by atoms with Crippen molar-refractivity contribution in [2.45, 2.75) is 25.7 Å². The van der Waals surface area contributed by atoms with E-state index >= 15 is 0 Å². The summed E-state index contributed by atoms with van der Waals surface area (Å²) in [6, 6.07) is 15.3. The molecule has 0 radical (unpaired) electrons. The number of aryl methyl sites for hydroxylation is 1. The van der Waals surface area contributed by atoms with Gasteiger partial charge < -0.3 is 20.7 Å². The van der Waals surface area contributed by atoms with Gasteiger partial charge in [0.05, 0.1) is 24.4 Å². The van der Waals surface area contributed by atoms with E-state index in [-0.39, 0.29) is 23.1 Å². The fourth-order valence-electron chi connectivity index (χ4n) is 4.51. The van der Waals surface area contributed by atoms with Gasteiger partial charge in [0.2, 0.25) is 11.8 Å². The lowest BCUT2D eigenvalue weighted by molar-refractivity contribution is 0.0997. The minimum atomic E-state index is -0.732. The molecule has 0 bridgehead atoms. The summed E-state index contributed by atoms with van der Waals surface area (Å²) in [5, 5.41) is 12.8. The molecule has 8 heteroatoms. The second-order valence-electron chi connectivity index (χ2n) is 8.58. The number of carbonyl (C=O) groups is 1. The monoisotopic (exact) mass is 456 g/mol. The normalized spacial score (nSPS) is 14.4. The maximum Gasteiger partial charge on any atom is 0.256 e. The molecule has 0 spiro atoms. The third-order valence-corrected chi connectivity index (χ3v) is 6.30. The highest BCUT2D eigenvalue weighted by molar-refractivity contribution is 6.01. The van der Waals surface area contributed by atoms with Crippen molar-refractivity contribution in [2.75, 3.05) is 32.6 Å². The van der Waals surface area contributed by atoms with Gasteiger partial charge in [-0.05, 0) is 75.1 Å². The van der Waals surface area contributed by atoms with Crippen LogP contribution in [0.2, 0.25) is 0 Å². The molecule has 8 nitrogen and oxygen atoms in total. The topological polar surface area (TPSA) is 117 Å². The lowest BCUT2D eigenvalue weighted by Gasteiger charge is -2.30. The number of nitrogens with two attached hydrogens (primary N) is 1. The molecule has 1 amide bonds. The molecule has 1 fully saturated rings. The smallest absolute Gasteiger partial charge is 0.256 e. The molecular weight excluding hydrogens is 428 g/mol. The Bertz CT molecular complexity index is 1260. The molecule has 0 aliphatic carbocycles. The SMILES string of the molecule is COc1nc(Nc2ccc(C3CCN(C)CC3)c(C)c2)nc(-c2ccccc2C#N)c1C(N)=O. The van der Waals surface area contributed by atoms with Crippen molar-refractivity contribution in [3.05, 3.63) is 64.7 Å². The van der Waals surface area contributed by atoms with E-state index in [9.17, 15) is 10.1 Å². The van der Waals surface area contributed by atoms with Gasteiger partial charge in [0, 0.05) is 11.3 Å². The van der Waals surface area contributed by atoms with Gasteiger partial charge >= 0.3 is 0 Å². The lowest BCUT2D eigenvalue weighted by Crippen LogP contribution is -2.29. The van der Waals surface area contributed by atoms with Gasteiger partial charge in [-0.2, -0.15) is 10.2 Å². The van der Waals surface area contributed by atoms with E-state index in [0.717, 1.165) is 31.6 Å². The average molecular weight is 457 g/mol. The summed E-state index contributed by atoms with van der Waals surface area (Å²) in [6.07, 6.45) is 2.31. The summed E-state index contributed by atoms with van der Waals surface area (Å²) in [4.78, 5) is 23.6. The van der Waals surface area contributed by atoms with Gasteiger partial charge in [0.25, 0.3) is 5.91 Å². The highest BCUT2D eigenvalue weighted by atomic mass is 16.5. The predicted octanol–water partition coefficient (Wildman–Crippen LogP) is 3.98. The third kappa shape index (κ3) is 4.70. The zero-order valence-electron chi connectivity index (χ0n) is 19.6. The van der Waals surface area contributed by atoms with Crippen molar-refractivity contribution in [1.82, 2.24) is 14.9 Å². The van der Waals surface area contributed by atoms with Crippen molar-refractivity contribution in [3.63, 3.8) is 0 Å². The van der Waals surface area contributed by atoms with Gasteiger partial charge in [0.15, 0.2) is 0 Å². The summed E-state index contributed by atoms with van der Waals surface area (Å²) in [7, 11) is 3.58. The summed E-state index contributed by atoms with van der Waals surface area (Å²) in [5.74, 6) is 0.124. The van der Waals surface area contributed by atoms with Crippen LogP contribution in [0.15, 0.2) is 42.5 Å². The number of anilines is 2. The Morgan fingerprint density at radius 2 is 1.94 bits per heavy atom. The first-order chi connectivity index (χ1) is 16.4. The molecule has 1 aromatic heterocycles. The number of piperidine rings is 1. The summed E-state index contributed by atoms with van der Waals surface area (Å²) < 4.78 is 5.37. The second-order valence-corrected chi connectivity index (χ2v) is 8.58. The number of amides is 1. The highest BCUT2D eigenvalue weighted by Crippen LogP contribution is 2.34. The van der Waals surface area contributed by atoms with Crippen LogP contribution in [0.1, 0.15) is 45.8 Å². The number of methoxy groups -OCH3 is 1. The first-order valence-corrected chi connectivity index (χ1v) is 11.2. The first-order valence-electron chi connectivity index (χ1n) is 11.2. The van der Waals surface area contributed by atoms with Gasteiger partial charge in [0.1, 0.15) is 5.56 Å². The van der Waals surface area contributed by atoms with E-state index in [2.05, 4.69) is 52.4 Å². The molecule has 1 aliphatic heterocycles. The molecule has 1 saturated heterocycles. The number of nitrogens with one attached hydrogen (secondary N) is 1. The van der Waals surface area contributed by atoms with Gasteiger partial charge in [-0.3, -0.25) is 4.79 Å². The Balaban J connectivity index is 1.71. The molecule has 3 N–H and O–H groups in total. The van der Waals surface area contributed by atoms with Crippen LogP contribution < -0.4 is 15.8 Å². The number of likely N-dealkylation sites (tertiary alicyclic amines) is 1. The quantitative estimate of drug-likeness (QED) is 0.576. The molecule has 0 atom stereocenters. The Morgan fingerprint density at radius 1 is 1.21 bits per heavy atom. The maximum atomic E-state index is 12.3. The van der Waals surface area contributed by atoms with Gasteiger partial charge in [-0.15, -0.1) is 0 Å². The fraction of sp³-hybridized carbons (Fsp3) is 0.308. The lowest BCUT2D eigenvalue weighted by atomic mass is 9.87. The average Bonchev–Trinajstić information content (AvgIpc) is 2.84. The number of nitrogens with zero attached hydrogens (tertiary/aromatic N) is 4. The fourth-order valence-corrected chi connectivity index (χ4v) is 4.51. The van der Waals surface area contributed by atoms with Crippen LogP contribution in [0.5, 0.6) is 5.88 Å². The van der Waals surface area contributed by atoms with Gasteiger partial charge in [-0.25, -0.2) is 4.98 Å². The molecule has 3 aromatic rings. The molecule has 34 heavy (non-hydrogen) atoms. The Labute approximate surface area is 199 Å². The van der Waals surface area contributed by atoms with Crippen LogP contribution in [-0.2, 0) is 0 Å². The van der Waals surface area contributed by atoms with Crippen LogP contribution >= 0.6 is 0 Å². The molecule has 2 heterocycles. The minimum absolute atomic E-state index is 0.0320. The van der Waals surface area contributed by atoms with Crippen molar-refractivity contribution < 1.29 is 9.53 Å².